The quantitative estimate of drug-likeness (QED) is 0.645. The van der Waals surface area contributed by atoms with E-state index in [0.29, 0.717) is 6.42 Å². The molecule has 110 valence electrons. The number of nitro groups is 1. The molecule has 3 N–H and O–H groups in total. The van der Waals surface area contributed by atoms with Crippen molar-refractivity contribution < 1.29 is 9.31 Å². The minimum absolute atomic E-state index is 0.0714. The number of anilines is 2. The highest BCUT2D eigenvalue weighted by atomic mass is 19.1. The molecule has 0 bridgehead atoms. The Morgan fingerprint density at radius 1 is 1.38 bits per heavy atom. The van der Waals surface area contributed by atoms with Crippen LogP contribution in [0.2, 0.25) is 0 Å². The van der Waals surface area contributed by atoms with Crippen LogP contribution in [0, 0.1) is 15.9 Å². The number of benzene rings is 1. The van der Waals surface area contributed by atoms with Crippen LogP contribution in [-0.2, 0) is 6.42 Å². The van der Waals surface area contributed by atoms with Crippen molar-refractivity contribution in [2.24, 2.45) is 0 Å². The molecule has 0 saturated carbocycles. The first-order chi connectivity index (χ1) is 9.97. The molecule has 0 aliphatic carbocycles. The average Bonchev–Trinajstić information content (AvgIpc) is 2.41. The molecule has 21 heavy (non-hydrogen) atoms. The van der Waals surface area contributed by atoms with Crippen molar-refractivity contribution in [3.8, 4) is 0 Å². The Morgan fingerprint density at radius 3 is 2.67 bits per heavy atom. The van der Waals surface area contributed by atoms with Gasteiger partial charge < -0.3 is 11.1 Å². The fourth-order valence-electron chi connectivity index (χ4n) is 1.94. The van der Waals surface area contributed by atoms with Crippen LogP contribution in [0.4, 0.5) is 21.7 Å². The predicted octanol–water partition coefficient (Wildman–Crippen LogP) is 2.15. The summed E-state index contributed by atoms with van der Waals surface area (Å²) in [5.41, 5.74) is 6.05. The predicted molar refractivity (Wildman–Crippen MR) is 76.3 cm³/mol. The van der Waals surface area contributed by atoms with Crippen LogP contribution in [-0.4, -0.2) is 20.9 Å². The van der Waals surface area contributed by atoms with Crippen LogP contribution in [0.5, 0.6) is 0 Å². The fourth-order valence-corrected chi connectivity index (χ4v) is 1.94. The number of nitrogens with one attached hydrogen (secondary N) is 1. The third kappa shape index (κ3) is 3.62. The van der Waals surface area contributed by atoms with Gasteiger partial charge in [-0.15, -0.1) is 0 Å². The Kier molecular flexibility index (Phi) is 4.27. The molecular weight excluding hydrogens is 277 g/mol. The lowest BCUT2D eigenvalue weighted by atomic mass is 10.1. The maximum atomic E-state index is 12.8. The molecule has 1 aromatic heterocycles. The molecule has 0 saturated heterocycles. The molecule has 0 radical (unpaired) electrons. The zero-order chi connectivity index (χ0) is 15.4. The summed E-state index contributed by atoms with van der Waals surface area (Å²) in [6.07, 6.45) is 1.72. The summed E-state index contributed by atoms with van der Waals surface area (Å²) >= 11 is 0. The number of nitrogens with zero attached hydrogens (tertiary/aromatic N) is 3. The topological polar surface area (TPSA) is 107 Å². The van der Waals surface area contributed by atoms with Crippen molar-refractivity contribution in [2.45, 2.75) is 19.4 Å². The van der Waals surface area contributed by atoms with E-state index in [1.165, 1.54) is 12.1 Å². The van der Waals surface area contributed by atoms with Gasteiger partial charge >= 0.3 is 5.69 Å². The lowest BCUT2D eigenvalue weighted by Crippen LogP contribution is -2.20. The Morgan fingerprint density at radius 2 is 2.05 bits per heavy atom. The molecule has 1 atom stereocenters. The Bertz CT molecular complexity index is 648. The molecule has 2 rings (SSSR count). The molecule has 1 aromatic carbocycles. The fraction of sp³-hybridized carbons (Fsp3) is 0.231. The van der Waals surface area contributed by atoms with E-state index in [2.05, 4.69) is 15.3 Å². The molecule has 7 nitrogen and oxygen atoms in total. The second kappa shape index (κ2) is 6.12. The van der Waals surface area contributed by atoms with Gasteiger partial charge in [0.25, 0.3) is 0 Å². The maximum Gasteiger partial charge on any atom is 0.352 e. The molecule has 0 amide bonds. The highest BCUT2D eigenvalue weighted by molar-refractivity contribution is 5.67. The summed E-state index contributed by atoms with van der Waals surface area (Å²) in [5.74, 6) is -0.424. The van der Waals surface area contributed by atoms with E-state index < -0.39 is 4.92 Å². The van der Waals surface area contributed by atoms with Gasteiger partial charge in [0.15, 0.2) is 0 Å². The first-order valence-electron chi connectivity index (χ1n) is 6.23. The molecule has 1 heterocycles. The smallest absolute Gasteiger partial charge is 0.352 e. The highest BCUT2D eigenvalue weighted by Crippen LogP contribution is 2.27. The van der Waals surface area contributed by atoms with Gasteiger partial charge in [0.05, 0.1) is 4.92 Å². The van der Waals surface area contributed by atoms with Crippen LogP contribution in [0.1, 0.15) is 12.5 Å². The van der Waals surface area contributed by atoms with E-state index >= 15 is 0 Å². The maximum absolute atomic E-state index is 12.8. The molecule has 0 aliphatic heterocycles. The van der Waals surface area contributed by atoms with Gasteiger partial charge in [0, 0.05) is 6.04 Å². The zero-order valence-electron chi connectivity index (χ0n) is 11.3. The highest BCUT2D eigenvalue weighted by Gasteiger charge is 2.21. The Balaban J connectivity index is 2.13. The minimum Gasteiger partial charge on any atom is -0.378 e. The summed E-state index contributed by atoms with van der Waals surface area (Å²) in [5, 5.41) is 13.9. The number of halogens is 1. The number of nitrogens with two attached hydrogens (primary N) is 1. The molecule has 8 heteroatoms. The second-order valence-electron chi connectivity index (χ2n) is 4.59. The van der Waals surface area contributed by atoms with E-state index in [1.807, 2.05) is 6.92 Å². The SMILES string of the molecule is CC(Cc1ccc(F)cc1)Nc1ncnc(N)c1[N+](=O)[O-]. The first kappa shape index (κ1) is 14.6. The van der Waals surface area contributed by atoms with E-state index in [9.17, 15) is 14.5 Å². The number of nitrogen functional groups attached to an aromatic ring is 1. The Labute approximate surface area is 120 Å². The molecular formula is C13H14FN5O2. The van der Waals surface area contributed by atoms with Crippen LogP contribution in [0.3, 0.4) is 0 Å². The first-order valence-corrected chi connectivity index (χ1v) is 6.23. The molecule has 0 spiro atoms. The summed E-state index contributed by atoms with van der Waals surface area (Å²) in [6, 6.07) is 5.91. The number of rotatable bonds is 5. The minimum atomic E-state index is -0.623. The van der Waals surface area contributed by atoms with Crippen LogP contribution < -0.4 is 11.1 Å². The van der Waals surface area contributed by atoms with Gasteiger partial charge in [-0.3, -0.25) is 10.1 Å². The largest absolute Gasteiger partial charge is 0.378 e. The van der Waals surface area contributed by atoms with Crippen molar-refractivity contribution in [3.63, 3.8) is 0 Å². The number of hydrogen-bond acceptors (Lipinski definition) is 6. The van der Waals surface area contributed by atoms with Gasteiger partial charge in [0.2, 0.25) is 11.6 Å². The zero-order valence-corrected chi connectivity index (χ0v) is 11.3. The summed E-state index contributed by atoms with van der Waals surface area (Å²) < 4.78 is 12.8. The summed E-state index contributed by atoms with van der Waals surface area (Å²) in [4.78, 5) is 17.8. The van der Waals surface area contributed by atoms with Crippen LogP contribution in [0.15, 0.2) is 30.6 Å². The van der Waals surface area contributed by atoms with E-state index in [1.54, 1.807) is 12.1 Å². The molecule has 1 unspecified atom stereocenters. The van der Waals surface area contributed by atoms with Crippen molar-refractivity contribution in [3.05, 3.63) is 52.1 Å². The molecule has 0 fully saturated rings. The van der Waals surface area contributed by atoms with Gasteiger partial charge in [-0.2, -0.15) is 0 Å². The van der Waals surface area contributed by atoms with Gasteiger partial charge in [-0.25, -0.2) is 14.4 Å². The van der Waals surface area contributed by atoms with Crippen molar-refractivity contribution >= 4 is 17.3 Å². The standard InChI is InChI=1S/C13H14FN5O2/c1-8(6-9-2-4-10(14)5-3-9)18-13-11(19(20)21)12(15)16-7-17-13/h2-5,7-8H,6H2,1H3,(H3,15,16,17,18). The van der Waals surface area contributed by atoms with Crippen molar-refractivity contribution in [1.82, 2.24) is 9.97 Å². The second-order valence-corrected chi connectivity index (χ2v) is 4.59. The Hall–Kier alpha value is -2.77. The van der Waals surface area contributed by atoms with Crippen LogP contribution in [0.25, 0.3) is 0 Å². The lowest BCUT2D eigenvalue weighted by molar-refractivity contribution is -0.383. The van der Waals surface area contributed by atoms with Crippen LogP contribution >= 0.6 is 0 Å². The normalized spacial score (nSPS) is 11.9. The molecule has 2 aromatic rings. The third-order valence-corrected chi connectivity index (χ3v) is 2.87. The van der Waals surface area contributed by atoms with E-state index in [4.69, 9.17) is 5.73 Å². The van der Waals surface area contributed by atoms with Gasteiger partial charge in [0.1, 0.15) is 12.1 Å². The molecule has 0 aliphatic rings. The number of hydrogen-bond donors (Lipinski definition) is 2. The van der Waals surface area contributed by atoms with Crippen molar-refractivity contribution in [1.29, 1.82) is 0 Å². The van der Waals surface area contributed by atoms with Gasteiger partial charge in [-0.1, -0.05) is 12.1 Å². The van der Waals surface area contributed by atoms with Crippen molar-refractivity contribution in [2.75, 3.05) is 11.1 Å². The third-order valence-electron chi connectivity index (χ3n) is 2.87. The lowest BCUT2D eigenvalue weighted by Gasteiger charge is -2.14. The summed E-state index contributed by atoms with van der Waals surface area (Å²) in [6.45, 7) is 1.84. The average molecular weight is 291 g/mol. The monoisotopic (exact) mass is 291 g/mol. The van der Waals surface area contributed by atoms with E-state index in [-0.39, 0.29) is 29.2 Å². The number of aromatic nitrogens is 2. The van der Waals surface area contributed by atoms with Gasteiger partial charge in [-0.05, 0) is 31.0 Å². The summed E-state index contributed by atoms with van der Waals surface area (Å²) in [7, 11) is 0. The van der Waals surface area contributed by atoms with E-state index in [0.717, 1.165) is 11.9 Å².